The van der Waals surface area contributed by atoms with E-state index in [2.05, 4.69) is 54.4 Å². The molecular formula is C24H17FN2. The monoisotopic (exact) mass is 352 g/mol. The summed E-state index contributed by atoms with van der Waals surface area (Å²) >= 11 is 0. The van der Waals surface area contributed by atoms with Crippen LogP contribution in [0.15, 0.2) is 78.9 Å². The fraction of sp³-hybridized carbons (Fsp3) is 0.0417. The Hall–Kier alpha value is -3.46. The molecule has 0 fully saturated rings. The number of rotatable bonds is 2. The van der Waals surface area contributed by atoms with Gasteiger partial charge in [-0.25, -0.2) is 9.37 Å². The molecule has 0 atom stereocenters. The number of halogens is 1. The maximum Gasteiger partial charge on any atom is 0.139 e. The molecule has 2 heterocycles. The Bertz CT molecular complexity index is 1270. The van der Waals surface area contributed by atoms with Crippen LogP contribution >= 0.6 is 0 Å². The molecule has 0 radical (unpaired) electrons. The van der Waals surface area contributed by atoms with E-state index in [-0.39, 0.29) is 5.82 Å². The molecule has 5 rings (SSSR count). The molecule has 3 aromatic carbocycles. The maximum absolute atomic E-state index is 13.7. The fourth-order valence-corrected chi connectivity index (χ4v) is 3.59. The van der Waals surface area contributed by atoms with E-state index in [1.807, 2.05) is 24.3 Å². The van der Waals surface area contributed by atoms with Gasteiger partial charge in [0.1, 0.15) is 11.5 Å². The number of aromatic amines is 1. The van der Waals surface area contributed by atoms with Crippen molar-refractivity contribution in [2.45, 2.75) is 6.92 Å². The predicted octanol–water partition coefficient (Wildman–Crippen LogP) is 6.50. The zero-order valence-electron chi connectivity index (χ0n) is 14.8. The van der Waals surface area contributed by atoms with E-state index in [0.29, 0.717) is 0 Å². The Balaban J connectivity index is 1.88. The Labute approximate surface area is 156 Å². The Morgan fingerprint density at radius 2 is 1.59 bits per heavy atom. The Kier molecular flexibility index (Phi) is 3.54. The highest BCUT2D eigenvalue weighted by molar-refractivity contribution is 6.13. The minimum absolute atomic E-state index is 0.255. The third kappa shape index (κ3) is 2.68. The van der Waals surface area contributed by atoms with E-state index in [9.17, 15) is 4.39 Å². The summed E-state index contributed by atoms with van der Waals surface area (Å²) in [7, 11) is 0. The van der Waals surface area contributed by atoms with E-state index in [0.717, 1.165) is 44.3 Å². The van der Waals surface area contributed by atoms with Gasteiger partial charge in [0.25, 0.3) is 0 Å². The van der Waals surface area contributed by atoms with Crippen molar-refractivity contribution in [3.05, 3.63) is 90.2 Å². The molecule has 27 heavy (non-hydrogen) atoms. The molecule has 1 N–H and O–H groups in total. The summed E-state index contributed by atoms with van der Waals surface area (Å²) in [6.45, 7) is 2.08. The Morgan fingerprint density at radius 3 is 2.37 bits per heavy atom. The molecule has 0 saturated heterocycles. The Morgan fingerprint density at radius 1 is 0.815 bits per heavy atom. The van der Waals surface area contributed by atoms with Crippen molar-refractivity contribution < 1.29 is 4.39 Å². The zero-order chi connectivity index (χ0) is 18.4. The third-order valence-electron chi connectivity index (χ3n) is 4.96. The number of benzene rings is 3. The number of aromatic nitrogens is 2. The van der Waals surface area contributed by atoms with Crippen LogP contribution in [0.4, 0.5) is 4.39 Å². The first-order valence-corrected chi connectivity index (χ1v) is 8.93. The van der Waals surface area contributed by atoms with Gasteiger partial charge < -0.3 is 4.98 Å². The summed E-state index contributed by atoms with van der Waals surface area (Å²) < 4.78 is 13.7. The summed E-state index contributed by atoms with van der Waals surface area (Å²) in [6.07, 6.45) is 0. The van der Waals surface area contributed by atoms with Crippen molar-refractivity contribution in [3.8, 4) is 22.4 Å². The lowest BCUT2D eigenvalue weighted by Gasteiger charge is -2.09. The van der Waals surface area contributed by atoms with Gasteiger partial charge in [-0.15, -0.1) is 0 Å². The molecule has 0 amide bonds. The molecule has 0 saturated carbocycles. The van der Waals surface area contributed by atoms with Crippen molar-refractivity contribution in [2.24, 2.45) is 0 Å². The van der Waals surface area contributed by atoms with Crippen LogP contribution in [0.25, 0.3) is 44.3 Å². The molecule has 130 valence electrons. The minimum Gasteiger partial charge on any atom is -0.339 e. The van der Waals surface area contributed by atoms with Crippen LogP contribution in [0.5, 0.6) is 0 Å². The highest BCUT2D eigenvalue weighted by Gasteiger charge is 2.15. The normalized spacial score (nSPS) is 11.3. The predicted molar refractivity (Wildman–Crippen MR) is 109 cm³/mol. The molecule has 3 heteroatoms. The SMILES string of the molecule is Cc1ccc(-c2cc(-c3ccccc3)nc3[nH]c4cc(F)ccc4c23)cc1. The maximum atomic E-state index is 13.7. The van der Waals surface area contributed by atoms with Gasteiger partial charge in [0.05, 0.1) is 11.2 Å². The van der Waals surface area contributed by atoms with Gasteiger partial charge in [-0.3, -0.25) is 0 Å². The number of hydrogen-bond acceptors (Lipinski definition) is 1. The van der Waals surface area contributed by atoms with Crippen LogP contribution in [0.1, 0.15) is 5.56 Å². The molecule has 0 bridgehead atoms. The van der Waals surface area contributed by atoms with Gasteiger partial charge in [0.2, 0.25) is 0 Å². The van der Waals surface area contributed by atoms with Gasteiger partial charge in [-0.2, -0.15) is 0 Å². The summed E-state index contributed by atoms with van der Waals surface area (Å²) in [5, 5.41) is 2.00. The van der Waals surface area contributed by atoms with Crippen molar-refractivity contribution in [2.75, 3.05) is 0 Å². The first-order chi connectivity index (χ1) is 13.2. The molecular weight excluding hydrogens is 335 g/mol. The number of nitrogens with one attached hydrogen (secondary N) is 1. The molecule has 2 nitrogen and oxygen atoms in total. The number of hydrogen-bond donors (Lipinski definition) is 1. The van der Waals surface area contributed by atoms with Gasteiger partial charge in [-0.05, 0) is 42.3 Å². The number of H-pyrrole nitrogens is 1. The fourth-order valence-electron chi connectivity index (χ4n) is 3.59. The van der Waals surface area contributed by atoms with Gasteiger partial charge in [0.15, 0.2) is 0 Å². The minimum atomic E-state index is -0.255. The van der Waals surface area contributed by atoms with Crippen LogP contribution in [0, 0.1) is 12.7 Å². The lowest BCUT2D eigenvalue weighted by atomic mass is 9.98. The largest absolute Gasteiger partial charge is 0.339 e. The van der Waals surface area contributed by atoms with E-state index >= 15 is 0 Å². The molecule has 0 aliphatic carbocycles. The van der Waals surface area contributed by atoms with Crippen molar-refractivity contribution in [1.29, 1.82) is 0 Å². The van der Waals surface area contributed by atoms with E-state index in [1.54, 1.807) is 0 Å². The third-order valence-corrected chi connectivity index (χ3v) is 4.96. The molecule has 5 aromatic rings. The quantitative estimate of drug-likeness (QED) is 0.386. The van der Waals surface area contributed by atoms with E-state index < -0.39 is 0 Å². The molecule has 0 aliphatic heterocycles. The lowest BCUT2D eigenvalue weighted by Crippen LogP contribution is -1.89. The van der Waals surface area contributed by atoms with Crippen LogP contribution in [0.3, 0.4) is 0 Å². The molecule has 0 spiro atoms. The molecule has 0 aliphatic rings. The summed E-state index contributed by atoms with van der Waals surface area (Å²) in [5.74, 6) is -0.255. The summed E-state index contributed by atoms with van der Waals surface area (Å²) in [4.78, 5) is 8.14. The molecule has 0 unspecified atom stereocenters. The summed E-state index contributed by atoms with van der Waals surface area (Å²) in [6, 6.07) is 25.6. The summed E-state index contributed by atoms with van der Waals surface area (Å²) in [5.41, 5.74) is 6.91. The number of fused-ring (bicyclic) bond motifs is 3. The van der Waals surface area contributed by atoms with Crippen molar-refractivity contribution >= 4 is 21.9 Å². The first kappa shape index (κ1) is 15.8. The number of nitrogens with zero attached hydrogens (tertiary/aromatic N) is 1. The van der Waals surface area contributed by atoms with Crippen LogP contribution in [-0.2, 0) is 0 Å². The van der Waals surface area contributed by atoms with Gasteiger partial charge in [-0.1, -0.05) is 60.2 Å². The number of pyridine rings is 1. The standard InChI is InChI=1S/C24H17FN2/c1-15-7-9-16(10-8-15)20-14-21(17-5-3-2-4-6-17)26-24-23(20)19-12-11-18(25)13-22(19)27-24/h2-14H,1H3,(H,26,27). The topological polar surface area (TPSA) is 28.7 Å². The average molecular weight is 352 g/mol. The highest BCUT2D eigenvalue weighted by Crippen LogP contribution is 2.36. The number of aryl methyl sites for hydroxylation is 1. The van der Waals surface area contributed by atoms with E-state index in [1.165, 1.54) is 17.7 Å². The smallest absolute Gasteiger partial charge is 0.139 e. The molecule has 2 aromatic heterocycles. The second-order valence-electron chi connectivity index (χ2n) is 6.83. The van der Waals surface area contributed by atoms with Crippen LogP contribution < -0.4 is 0 Å². The lowest BCUT2D eigenvalue weighted by molar-refractivity contribution is 0.629. The first-order valence-electron chi connectivity index (χ1n) is 8.93. The van der Waals surface area contributed by atoms with Crippen molar-refractivity contribution in [3.63, 3.8) is 0 Å². The van der Waals surface area contributed by atoms with Crippen LogP contribution in [0.2, 0.25) is 0 Å². The average Bonchev–Trinajstić information content (AvgIpc) is 3.06. The second-order valence-corrected chi connectivity index (χ2v) is 6.83. The van der Waals surface area contributed by atoms with Gasteiger partial charge >= 0.3 is 0 Å². The zero-order valence-corrected chi connectivity index (χ0v) is 14.8. The van der Waals surface area contributed by atoms with Crippen molar-refractivity contribution in [1.82, 2.24) is 9.97 Å². The highest BCUT2D eigenvalue weighted by atomic mass is 19.1. The van der Waals surface area contributed by atoms with E-state index in [4.69, 9.17) is 4.98 Å². The van der Waals surface area contributed by atoms with Gasteiger partial charge in [0, 0.05) is 16.3 Å². The second kappa shape index (κ2) is 6.06. The van der Waals surface area contributed by atoms with Crippen LogP contribution in [-0.4, -0.2) is 9.97 Å².